The molecule has 142 valence electrons. The van der Waals surface area contributed by atoms with Crippen molar-refractivity contribution in [3.05, 3.63) is 65.3 Å². The molecule has 1 aliphatic carbocycles. The molecule has 7 nitrogen and oxygen atoms in total. The summed E-state index contributed by atoms with van der Waals surface area (Å²) in [7, 11) is 1.79. The van der Waals surface area contributed by atoms with Crippen molar-refractivity contribution >= 4 is 39.8 Å². The van der Waals surface area contributed by atoms with Crippen LogP contribution in [0.3, 0.4) is 0 Å². The van der Waals surface area contributed by atoms with E-state index in [4.69, 9.17) is 0 Å². The Labute approximate surface area is 166 Å². The second-order valence-electron chi connectivity index (χ2n) is 6.65. The summed E-state index contributed by atoms with van der Waals surface area (Å²) >= 11 is 1.36. The summed E-state index contributed by atoms with van der Waals surface area (Å²) in [5.41, 5.74) is 2.04. The van der Waals surface area contributed by atoms with E-state index in [1.54, 1.807) is 47.8 Å². The van der Waals surface area contributed by atoms with Gasteiger partial charge in [0, 0.05) is 35.8 Å². The van der Waals surface area contributed by atoms with Crippen LogP contribution in [0.2, 0.25) is 0 Å². The highest BCUT2D eigenvalue weighted by Gasteiger charge is 2.36. The molecule has 0 spiro atoms. The number of carbonyl (C=O) groups excluding carboxylic acids is 2. The number of fused-ring (bicyclic) bond motifs is 1. The second-order valence-corrected chi connectivity index (χ2v) is 7.55. The summed E-state index contributed by atoms with van der Waals surface area (Å²) < 4.78 is 0. The molecule has 2 amide bonds. The van der Waals surface area contributed by atoms with Crippen LogP contribution < -0.4 is 10.6 Å². The maximum atomic E-state index is 12.7. The number of likely N-dealkylation sites (N-methyl/N-ethyl adjacent to an activating group) is 1. The smallest absolute Gasteiger partial charge is 0.289 e. The number of allylic oxidation sites excluding steroid dienone is 2. The quantitative estimate of drug-likeness (QED) is 0.839. The van der Waals surface area contributed by atoms with E-state index >= 15 is 0 Å². The van der Waals surface area contributed by atoms with Crippen LogP contribution in [-0.2, 0) is 4.79 Å². The zero-order chi connectivity index (χ0) is 19.7. The summed E-state index contributed by atoms with van der Waals surface area (Å²) in [6, 6.07) is 6.76. The molecule has 0 saturated carbocycles. The maximum absolute atomic E-state index is 12.7. The van der Waals surface area contributed by atoms with E-state index in [-0.39, 0.29) is 29.6 Å². The van der Waals surface area contributed by atoms with Crippen LogP contribution in [0.15, 0.2) is 64.8 Å². The fourth-order valence-corrected chi connectivity index (χ4v) is 3.85. The molecule has 2 N–H and O–H groups in total. The minimum Gasteiger partial charge on any atom is -0.337 e. The second kappa shape index (κ2) is 7.40. The van der Waals surface area contributed by atoms with Crippen molar-refractivity contribution in [1.82, 2.24) is 15.2 Å². The van der Waals surface area contributed by atoms with Crippen LogP contribution in [0.5, 0.6) is 0 Å². The van der Waals surface area contributed by atoms with E-state index in [1.165, 1.54) is 11.3 Å². The van der Waals surface area contributed by atoms with Gasteiger partial charge in [0.2, 0.25) is 0 Å². The fraction of sp³-hybridized carbons (Fsp3) is 0.200. The molecule has 1 fully saturated rings. The third-order valence-electron chi connectivity index (χ3n) is 4.73. The molecule has 2 heterocycles. The van der Waals surface area contributed by atoms with Gasteiger partial charge in [-0.1, -0.05) is 19.1 Å². The van der Waals surface area contributed by atoms with Crippen LogP contribution in [0.1, 0.15) is 17.3 Å². The Morgan fingerprint density at radius 3 is 2.82 bits per heavy atom. The molecule has 28 heavy (non-hydrogen) atoms. The Hall–Kier alpha value is -3.26. The number of hydrogen-bond acceptors (Lipinski definition) is 5. The van der Waals surface area contributed by atoms with E-state index in [9.17, 15) is 9.59 Å². The molecule has 1 aromatic carbocycles. The van der Waals surface area contributed by atoms with Crippen molar-refractivity contribution < 1.29 is 9.59 Å². The first kappa shape index (κ1) is 18.1. The molecule has 1 aliphatic heterocycles. The topological polar surface area (TPSA) is 86.7 Å². The largest absolute Gasteiger partial charge is 0.337 e. The van der Waals surface area contributed by atoms with Gasteiger partial charge in [0.05, 0.1) is 11.7 Å². The molecule has 1 saturated heterocycles. The van der Waals surface area contributed by atoms with Crippen LogP contribution >= 0.6 is 11.3 Å². The molecular weight excluding hydrogens is 374 g/mol. The van der Waals surface area contributed by atoms with Gasteiger partial charge in [-0.2, -0.15) is 0 Å². The summed E-state index contributed by atoms with van der Waals surface area (Å²) in [5, 5.41) is 8.24. The number of nitrogens with zero attached hydrogens (tertiary/aromatic N) is 3. The lowest BCUT2D eigenvalue weighted by molar-refractivity contribution is -0.125. The number of aromatic nitrogens is 1. The SMILES string of the molecule is CC1C=CC=C2NC(=Nc3ccc(C(=O)Nc4nccs4)cc3)C(=O)N(C)C21. The first-order chi connectivity index (χ1) is 13.5. The van der Waals surface area contributed by atoms with E-state index in [0.717, 1.165) is 5.70 Å². The lowest BCUT2D eigenvalue weighted by atomic mass is 9.91. The van der Waals surface area contributed by atoms with Crippen molar-refractivity contribution in [2.45, 2.75) is 13.0 Å². The summed E-state index contributed by atoms with van der Waals surface area (Å²) in [6.45, 7) is 2.08. The van der Waals surface area contributed by atoms with Gasteiger partial charge in [0.1, 0.15) is 0 Å². The molecule has 0 radical (unpaired) electrons. The number of anilines is 1. The minimum atomic E-state index is -0.239. The number of rotatable bonds is 3. The molecule has 4 rings (SSSR count). The predicted octanol–water partition coefficient (Wildman–Crippen LogP) is 2.95. The third-order valence-corrected chi connectivity index (χ3v) is 5.42. The molecule has 1 aromatic heterocycles. The van der Waals surface area contributed by atoms with Gasteiger partial charge in [0.15, 0.2) is 11.0 Å². The highest BCUT2D eigenvalue weighted by Crippen LogP contribution is 2.26. The zero-order valence-electron chi connectivity index (χ0n) is 15.4. The first-order valence-electron chi connectivity index (χ1n) is 8.85. The third kappa shape index (κ3) is 3.46. The van der Waals surface area contributed by atoms with Gasteiger partial charge in [-0.05, 0) is 30.3 Å². The Balaban J connectivity index is 1.52. The van der Waals surface area contributed by atoms with Crippen molar-refractivity contribution in [1.29, 1.82) is 0 Å². The Morgan fingerprint density at radius 1 is 1.32 bits per heavy atom. The number of amidine groups is 1. The number of benzene rings is 1. The van der Waals surface area contributed by atoms with Crippen LogP contribution in [0.25, 0.3) is 0 Å². The standard InChI is InChI=1S/C20H19N5O2S/c1-12-4-3-5-15-16(12)25(2)19(27)17(23-15)22-14-8-6-13(7-9-14)18(26)24-20-21-10-11-28-20/h3-12,16H,1-2H3,(H,22,23)(H,21,24,26). The summed E-state index contributed by atoms with van der Waals surface area (Å²) in [4.78, 5) is 35.1. The monoisotopic (exact) mass is 393 g/mol. The van der Waals surface area contributed by atoms with Crippen LogP contribution in [-0.4, -0.2) is 40.6 Å². The van der Waals surface area contributed by atoms with Crippen molar-refractivity contribution in [3.8, 4) is 0 Å². The number of piperazine rings is 1. The van der Waals surface area contributed by atoms with Gasteiger partial charge in [-0.25, -0.2) is 9.98 Å². The van der Waals surface area contributed by atoms with Crippen LogP contribution in [0, 0.1) is 5.92 Å². The van der Waals surface area contributed by atoms with Crippen molar-refractivity contribution in [2.75, 3.05) is 12.4 Å². The van der Waals surface area contributed by atoms with E-state index in [0.29, 0.717) is 16.4 Å². The van der Waals surface area contributed by atoms with Gasteiger partial charge < -0.3 is 10.2 Å². The molecule has 0 bridgehead atoms. The van der Waals surface area contributed by atoms with Crippen molar-refractivity contribution in [3.63, 3.8) is 0 Å². The number of amides is 2. The fourth-order valence-electron chi connectivity index (χ4n) is 3.33. The first-order valence-corrected chi connectivity index (χ1v) is 9.73. The van der Waals surface area contributed by atoms with Gasteiger partial charge in [-0.3, -0.25) is 14.9 Å². The van der Waals surface area contributed by atoms with E-state index in [2.05, 4.69) is 33.6 Å². The lowest BCUT2D eigenvalue weighted by Crippen LogP contribution is -2.57. The summed E-state index contributed by atoms with van der Waals surface area (Å²) in [6.07, 6.45) is 7.67. The normalized spacial score (nSPS) is 22.5. The van der Waals surface area contributed by atoms with Gasteiger partial charge >= 0.3 is 0 Å². The highest BCUT2D eigenvalue weighted by molar-refractivity contribution is 7.13. The molecule has 2 aliphatic rings. The Kier molecular flexibility index (Phi) is 4.79. The highest BCUT2D eigenvalue weighted by atomic mass is 32.1. The number of nitrogens with one attached hydrogen (secondary N) is 2. The number of hydrogen-bond donors (Lipinski definition) is 2. The van der Waals surface area contributed by atoms with E-state index < -0.39 is 0 Å². The molecular formula is C20H19N5O2S. The average Bonchev–Trinajstić information content (AvgIpc) is 3.19. The molecule has 2 aromatic rings. The number of carbonyl (C=O) groups is 2. The summed E-state index contributed by atoms with van der Waals surface area (Å²) in [5.74, 6) is 0.109. The van der Waals surface area contributed by atoms with Crippen LogP contribution in [0.4, 0.5) is 10.8 Å². The Morgan fingerprint density at radius 2 is 2.11 bits per heavy atom. The molecule has 8 heteroatoms. The molecule has 2 atom stereocenters. The zero-order valence-corrected chi connectivity index (χ0v) is 16.2. The number of thiazole rings is 1. The Bertz CT molecular complexity index is 992. The predicted molar refractivity (Wildman–Crippen MR) is 110 cm³/mol. The van der Waals surface area contributed by atoms with Crippen molar-refractivity contribution in [2.24, 2.45) is 10.9 Å². The minimum absolute atomic E-state index is 0.00613. The molecule has 2 unspecified atom stereocenters. The average molecular weight is 393 g/mol. The van der Waals surface area contributed by atoms with E-state index in [1.807, 2.05) is 12.2 Å². The lowest BCUT2D eigenvalue weighted by Gasteiger charge is -2.39. The van der Waals surface area contributed by atoms with Gasteiger partial charge in [0.25, 0.3) is 11.8 Å². The number of aliphatic imine (C=N–C) groups is 1. The maximum Gasteiger partial charge on any atom is 0.289 e. The van der Waals surface area contributed by atoms with Gasteiger partial charge in [-0.15, -0.1) is 11.3 Å².